The Bertz CT molecular complexity index is 2120. The molecule has 19 heteroatoms. The smallest absolute Gasteiger partial charge is 0.274 e. The minimum atomic E-state index is -4.11. The van der Waals surface area contributed by atoms with Gasteiger partial charge in [-0.2, -0.15) is 16.8 Å². The van der Waals surface area contributed by atoms with Crippen LogP contribution in [0.3, 0.4) is 0 Å². The highest BCUT2D eigenvalue weighted by Crippen LogP contribution is 2.41. The van der Waals surface area contributed by atoms with Gasteiger partial charge in [0, 0.05) is 49.1 Å². The normalized spacial score (nSPS) is 12.0. The maximum atomic E-state index is 13.1. The topological polar surface area (TPSA) is 189 Å². The maximum Gasteiger partial charge on any atom is 0.274 e. The van der Waals surface area contributed by atoms with Gasteiger partial charge in [0.15, 0.2) is 0 Å². The number of anilines is 1. The van der Waals surface area contributed by atoms with Crippen LogP contribution in [0.5, 0.6) is 11.6 Å². The van der Waals surface area contributed by atoms with Crippen molar-refractivity contribution in [3.05, 3.63) is 98.4 Å². The van der Waals surface area contributed by atoms with E-state index in [2.05, 4.69) is 15.3 Å². The van der Waals surface area contributed by atoms with Crippen molar-refractivity contribution in [2.24, 2.45) is 0 Å². The Morgan fingerprint density at radius 2 is 1.48 bits per heavy atom. The van der Waals surface area contributed by atoms with Gasteiger partial charge in [-0.1, -0.05) is 65.1 Å². The predicted octanol–water partition coefficient (Wildman–Crippen LogP) is 5.58. The van der Waals surface area contributed by atoms with Crippen LogP contribution < -0.4 is 14.8 Å². The molecule has 2 heterocycles. The summed E-state index contributed by atoms with van der Waals surface area (Å²) in [5, 5.41) is 3.52. The molecule has 0 aliphatic heterocycles. The van der Waals surface area contributed by atoms with E-state index in [1.54, 1.807) is 72.4 Å². The van der Waals surface area contributed by atoms with Gasteiger partial charge in [-0.15, -0.1) is 0 Å². The molecule has 0 bridgehead atoms. The molecule has 0 unspecified atom stereocenters. The molecule has 0 fully saturated rings. The van der Waals surface area contributed by atoms with Gasteiger partial charge in [0.2, 0.25) is 5.88 Å². The number of carbonyl (C=O) groups excluding carboxylic acids is 1. The van der Waals surface area contributed by atoms with E-state index in [0.29, 0.717) is 40.4 Å². The number of nitrogens with one attached hydrogen (secondary N) is 1. The van der Waals surface area contributed by atoms with E-state index < -0.39 is 37.6 Å². The first-order valence-electron chi connectivity index (χ1n) is 15.4. The summed E-state index contributed by atoms with van der Waals surface area (Å²) in [4.78, 5) is 25.1. The molecule has 0 spiro atoms. The van der Waals surface area contributed by atoms with Gasteiger partial charge in [-0.3, -0.25) is 18.9 Å². The minimum Gasteiger partial charge on any atom is -0.486 e. The molecule has 0 radical (unpaired) electrons. The molecular formula is C33H36Cl3N5O9S2. The number of rotatable bonds is 17. The molecule has 0 saturated carbocycles. The molecule has 0 saturated heterocycles. The fourth-order valence-electron chi connectivity index (χ4n) is 4.89. The van der Waals surface area contributed by atoms with E-state index in [-0.39, 0.29) is 52.9 Å². The van der Waals surface area contributed by atoms with Crippen LogP contribution in [0.4, 0.5) is 5.69 Å². The summed E-state index contributed by atoms with van der Waals surface area (Å²) in [6.07, 6.45) is 1.51. The second-order valence-electron chi connectivity index (χ2n) is 11.7. The number of methoxy groups -OCH3 is 1. The lowest BCUT2D eigenvalue weighted by Gasteiger charge is -2.19. The van der Waals surface area contributed by atoms with Crippen LogP contribution in [-0.2, 0) is 39.9 Å². The van der Waals surface area contributed by atoms with Crippen LogP contribution in [0.15, 0.2) is 60.8 Å². The molecule has 0 atom stereocenters. The largest absolute Gasteiger partial charge is 0.486 e. The first-order chi connectivity index (χ1) is 24.4. The number of benzene rings is 2. The lowest BCUT2D eigenvalue weighted by molar-refractivity contribution is 0.102. The zero-order valence-corrected chi connectivity index (χ0v) is 32.1. The number of pyridine rings is 2. The molecule has 1 amide bonds. The third-order valence-corrected chi connectivity index (χ3v) is 10.1. The van der Waals surface area contributed by atoms with Crippen LogP contribution >= 0.6 is 34.8 Å². The van der Waals surface area contributed by atoms with E-state index >= 15 is 0 Å². The molecule has 0 aliphatic carbocycles. The number of nitrogens with zero attached hydrogens (tertiary/aromatic N) is 4. The number of amides is 1. The second-order valence-corrected chi connectivity index (χ2v) is 16.0. The highest BCUT2D eigenvalue weighted by molar-refractivity contribution is 7.86. The summed E-state index contributed by atoms with van der Waals surface area (Å²) < 4.78 is 73.7. The first-order valence-corrected chi connectivity index (χ1v) is 19.8. The van der Waals surface area contributed by atoms with Gasteiger partial charge in [0.05, 0.1) is 39.4 Å². The quantitative estimate of drug-likeness (QED) is 0.112. The summed E-state index contributed by atoms with van der Waals surface area (Å²) >= 11 is 20.1. The van der Waals surface area contributed by atoms with Crippen molar-refractivity contribution in [2.75, 3.05) is 51.1 Å². The van der Waals surface area contributed by atoms with E-state index in [9.17, 15) is 21.6 Å². The van der Waals surface area contributed by atoms with Gasteiger partial charge in [-0.05, 0) is 43.9 Å². The third kappa shape index (κ3) is 12.0. The SMILES string of the molecule is COc1nc(COc2cccc(-c3cccc(NC(=O)c4ccc(CN(C)CCS(=O)(=O)O)cn4)c3Cl)c2Cl)c(Cl)cc1CN(C)CCS(=O)(=O)O. The molecule has 2 aromatic carbocycles. The molecular weight excluding hydrogens is 781 g/mol. The molecule has 2 aromatic heterocycles. The zero-order valence-electron chi connectivity index (χ0n) is 28.2. The van der Waals surface area contributed by atoms with Crippen molar-refractivity contribution in [3.63, 3.8) is 0 Å². The molecule has 3 N–H and O–H groups in total. The number of ether oxygens (including phenoxy) is 2. The Morgan fingerprint density at radius 1 is 0.865 bits per heavy atom. The molecule has 52 heavy (non-hydrogen) atoms. The first kappa shape index (κ1) is 41.2. The van der Waals surface area contributed by atoms with Crippen LogP contribution in [-0.4, -0.2) is 97.4 Å². The maximum absolute atomic E-state index is 13.1. The van der Waals surface area contributed by atoms with Crippen molar-refractivity contribution in [2.45, 2.75) is 19.7 Å². The third-order valence-electron chi connectivity index (χ3n) is 7.56. The summed E-state index contributed by atoms with van der Waals surface area (Å²) in [5.41, 5.74) is 3.18. The van der Waals surface area contributed by atoms with E-state index in [4.69, 9.17) is 53.4 Å². The lowest BCUT2D eigenvalue weighted by Crippen LogP contribution is -2.25. The van der Waals surface area contributed by atoms with Crippen LogP contribution in [0.1, 0.15) is 27.3 Å². The minimum absolute atomic E-state index is 0.0757. The Morgan fingerprint density at radius 3 is 2.08 bits per heavy atom. The second kappa shape index (κ2) is 18.0. The number of hydrogen-bond donors (Lipinski definition) is 3. The lowest BCUT2D eigenvalue weighted by atomic mass is 10.0. The molecule has 0 aliphatic rings. The Labute approximate surface area is 317 Å². The van der Waals surface area contributed by atoms with E-state index in [0.717, 1.165) is 5.56 Å². The summed E-state index contributed by atoms with van der Waals surface area (Å²) in [6, 6.07) is 15.1. The number of hydrogen-bond acceptors (Lipinski definition) is 11. The summed E-state index contributed by atoms with van der Waals surface area (Å²) in [7, 11) is -3.37. The molecule has 14 nitrogen and oxygen atoms in total. The van der Waals surface area contributed by atoms with Crippen LogP contribution in [0.25, 0.3) is 11.1 Å². The Kier molecular flexibility index (Phi) is 14.2. The Hall–Kier alpha value is -3.58. The number of halogens is 3. The number of aromatic nitrogens is 2. The van der Waals surface area contributed by atoms with Crippen molar-refractivity contribution in [1.82, 2.24) is 19.8 Å². The van der Waals surface area contributed by atoms with Crippen LogP contribution in [0.2, 0.25) is 15.1 Å². The summed E-state index contributed by atoms with van der Waals surface area (Å²) in [6.45, 7) is 0.733. The number of carbonyl (C=O) groups is 1. The summed E-state index contributed by atoms with van der Waals surface area (Å²) in [5.74, 6) is -0.766. The highest BCUT2D eigenvalue weighted by atomic mass is 35.5. The standard InChI is InChI=1S/C33H36Cl3N5O9S2/c1-40(12-14-51(43,44)45)18-21-10-11-27(37-17-21)32(42)38-26-8-4-6-23(30(26)35)24-7-5-9-29(31(24)36)50-20-28-25(34)16-22(33(39-28)49-3)19-41(2)13-15-52(46,47)48/h4-11,16-17H,12-15,18-20H2,1-3H3,(H,38,42)(H,43,44,45)(H,46,47,48). The molecule has 4 rings (SSSR count). The van der Waals surface area contributed by atoms with Gasteiger partial charge >= 0.3 is 0 Å². The van der Waals surface area contributed by atoms with Crippen molar-refractivity contribution >= 4 is 66.6 Å². The highest BCUT2D eigenvalue weighted by Gasteiger charge is 2.19. The van der Waals surface area contributed by atoms with Crippen LogP contribution in [0, 0.1) is 0 Å². The van der Waals surface area contributed by atoms with Gasteiger partial charge in [-0.25, -0.2) is 4.98 Å². The molecule has 4 aromatic rings. The van der Waals surface area contributed by atoms with Gasteiger partial charge in [0.25, 0.3) is 26.1 Å². The Balaban J connectivity index is 1.45. The van der Waals surface area contributed by atoms with E-state index in [1.807, 2.05) is 0 Å². The van der Waals surface area contributed by atoms with Gasteiger partial charge < -0.3 is 24.6 Å². The molecule has 280 valence electrons. The zero-order chi connectivity index (χ0) is 38.2. The van der Waals surface area contributed by atoms with Crippen molar-refractivity contribution < 1.29 is 40.2 Å². The van der Waals surface area contributed by atoms with Gasteiger partial charge in [0.1, 0.15) is 23.7 Å². The average molecular weight is 817 g/mol. The van der Waals surface area contributed by atoms with Crippen molar-refractivity contribution in [1.29, 1.82) is 0 Å². The predicted molar refractivity (Wildman–Crippen MR) is 200 cm³/mol. The van der Waals surface area contributed by atoms with Crippen molar-refractivity contribution in [3.8, 4) is 22.8 Å². The fraction of sp³-hybridized carbons (Fsp3) is 0.303. The average Bonchev–Trinajstić information content (AvgIpc) is 3.07. The fourth-order valence-corrected chi connectivity index (χ4v) is 6.76. The monoisotopic (exact) mass is 815 g/mol. The van der Waals surface area contributed by atoms with E-state index in [1.165, 1.54) is 19.4 Å².